The molecule has 1 heterocycles. The molecule has 22 heavy (non-hydrogen) atoms. The molecule has 0 spiro atoms. The molecule has 1 fully saturated rings. The fraction of sp³-hybridized carbons (Fsp3) is 0.467. The van der Waals surface area contributed by atoms with Crippen LogP contribution in [0.15, 0.2) is 37.1 Å². The molecule has 0 saturated carbocycles. The molecule has 0 bridgehead atoms. The lowest BCUT2D eigenvalue weighted by Gasteiger charge is -2.23. The summed E-state index contributed by atoms with van der Waals surface area (Å²) in [6.45, 7) is 7.79. The standard InChI is InChI=1S/C15H21N3O3S/c1-4-7-18(8-5-2)15(19)13(10-16)11-17(3)14-6-9-22(20,21)12-14/h4-5,11,14H,1-2,6-9,12H2,3H3/b13-11-. The van der Waals surface area contributed by atoms with Crippen LogP contribution in [-0.4, -0.2) is 61.8 Å². The number of amides is 1. The van der Waals surface area contributed by atoms with Crippen LogP contribution in [0.3, 0.4) is 0 Å². The summed E-state index contributed by atoms with van der Waals surface area (Å²) in [7, 11) is -1.33. The highest BCUT2D eigenvalue weighted by Crippen LogP contribution is 2.17. The van der Waals surface area contributed by atoms with Crippen molar-refractivity contribution in [2.45, 2.75) is 12.5 Å². The second-order valence-electron chi connectivity index (χ2n) is 5.16. The van der Waals surface area contributed by atoms with E-state index in [1.807, 2.05) is 6.07 Å². The zero-order chi connectivity index (χ0) is 16.8. The molecule has 0 aromatic carbocycles. The molecule has 0 aliphatic carbocycles. The Kier molecular flexibility index (Phi) is 6.38. The average molecular weight is 323 g/mol. The Morgan fingerprint density at radius 3 is 2.36 bits per heavy atom. The lowest BCUT2D eigenvalue weighted by Crippen LogP contribution is -2.34. The van der Waals surface area contributed by atoms with E-state index in [4.69, 9.17) is 0 Å². The highest BCUT2D eigenvalue weighted by molar-refractivity contribution is 7.91. The molecule has 1 saturated heterocycles. The van der Waals surface area contributed by atoms with Crippen molar-refractivity contribution < 1.29 is 13.2 Å². The quantitative estimate of drug-likeness (QED) is 0.392. The zero-order valence-electron chi connectivity index (χ0n) is 12.7. The van der Waals surface area contributed by atoms with E-state index in [1.165, 1.54) is 11.1 Å². The summed E-state index contributed by atoms with van der Waals surface area (Å²) in [4.78, 5) is 15.4. The fourth-order valence-electron chi connectivity index (χ4n) is 2.26. The fourth-order valence-corrected chi connectivity index (χ4v) is 4.05. The second kappa shape index (κ2) is 7.80. The molecular weight excluding hydrogens is 302 g/mol. The van der Waals surface area contributed by atoms with Crippen molar-refractivity contribution in [3.8, 4) is 6.07 Å². The van der Waals surface area contributed by atoms with Crippen molar-refractivity contribution in [3.63, 3.8) is 0 Å². The molecule has 0 radical (unpaired) electrons. The van der Waals surface area contributed by atoms with Crippen LogP contribution in [0, 0.1) is 11.3 Å². The van der Waals surface area contributed by atoms with E-state index in [1.54, 1.807) is 24.1 Å². The van der Waals surface area contributed by atoms with Gasteiger partial charge < -0.3 is 9.80 Å². The Bertz CT molecular complexity index is 606. The molecule has 0 N–H and O–H groups in total. The van der Waals surface area contributed by atoms with Crippen LogP contribution >= 0.6 is 0 Å². The number of sulfone groups is 1. The van der Waals surface area contributed by atoms with Crippen LogP contribution in [0.1, 0.15) is 6.42 Å². The zero-order valence-corrected chi connectivity index (χ0v) is 13.6. The van der Waals surface area contributed by atoms with Crippen LogP contribution in [0.4, 0.5) is 0 Å². The van der Waals surface area contributed by atoms with Gasteiger partial charge in [0.25, 0.3) is 5.91 Å². The van der Waals surface area contributed by atoms with E-state index in [9.17, 15) is 18.5 Å². The molecule has 6 nitrogen and oxygen atoms in total. The summed E-state index contributed by atoms with van der Waals surface area (Å²) < 4.78 is 23.0. The molecule has 0 aromatic heterocycles. The molecule has 0 aromatic rings. The number of hydrogen-bond acceptors (Lipinski definition) is 5. The predicted molar refractivity (Wildman–Crippen MR) is 85.5 cm³/mol. The third kappa shape index (κ3) is 4.74. The van der Waals surface area contributed by atoms with Crippen LogP contribution in [0.25, 0.3) is 0 Å². The van der Waals surface area contributed by atoms with Crippen LogP contribution < -0.4 is 0 Å². The molecule has 1 unspecified atom stereocenters. The van der Waals surface area contributed by atoms with Crippen LogP contribution in [0.5, 0.6) is 0 Å². The minimum Gasteiger partial charge on any atom is -0.375 e. The topological polar surface area (TPSA) is 81.5 Å². The maximum atomic E-state index is 12.3. The largest absolute Gasteiger partial charge is 0.375 e. The number of hydrogen-bond donors (Lipinski definition) is 0. The van der Waals surface area contributed by atoms with E-state index in [0.717, 1.165) is 0 Å². The smallest absolute Gasteiger partial charge is 0.266 e. The average Bonchev–Trinajstić information content (AvgIpc) is 2.84. The summed E-state index contributed by atoms with van der Waals surface area (Å²) >= 11 is 0. The minimum absolute atomic E-state index is 0.0319. The monoisotopic (exact) mass is 323 g/mol. The van der Waals surface area contributed by atoms with Gasteiger partial charge in [-0.3, -0.25) is 4.79 Å². The minimum atomic E-state index is -3.01. The van der Waals surface area contributed by atoms with E-state index in [0.29, 0.717) is 19.5 Å². The van der Waals surface area contributed by atoms with Gasteiger partial charge >= 0.3 is 0 Å². The summed E-state index contributed by atoms with van der Waals surface area (Å²) in [6.07, 6.45) is 5.07. The van der Waals surface area contributed by atoms with Gasteiger partial charge in [-0.25, -0.2) is 8.42 Å². The Morgan fingerprint density at radius 2 is 1.95 bits per heavy atom. The van der Waals surface area contributed by atoms with Crippen molar-refractivity contribution in [1.29, 1.82) is 5.26 Å². The van der Waals surface area contributed by atoms with Gasteiger partial charge in [-0.05, 0) is 6.42 Å². The van der Waals surface area contributed by atoms with Gasteiger partial charge in [-0.15, -0.1) is 13.2 Å². The van der Waals surface area contributed by atoms with Gasteiger partial charge in [0.1, 0.15) is 11.6 Å². The van der Waals surface area contributed by atoms with Crippen LogP contribution in [0.2, 0.25) is 0 Å². The Hall–Kier alpha value is -2.07. The van der Waals surface area contributed by atoms with Crippen molar-refractivity contribution in [1.82, 2.24) is 9.80 Å². The summed E-state index contributed by atoms with van der Waals surface area (Å²) in [5.74, 6) is -0.226. The van der Waals surface area contributed by atoms with Crippen LogP contribution in [-0.2, 0) is 14.6 Å². The first-order valence-electron chi connectivity index (χ1n) is 6.90. The SMILES string of the molecule is C=CCN(CC=C)C(=O)/C(C#N)=C\N(C)C1CCS(=O)(=O)C1. The first-order chi connectivity index (χ1) is 10.3. The van der Waals surface area contributed by atoms with Gasteiger partial charge in [0.05, 0.1) is 11.5 Å². The lowest BCUT2D eigenvalue weighted by molar-refractivity contribution is -0.125. The van der Waals surface area contributed by atoms with E-state index >= 15 is 0 Å². The molecule has 1 rings (SSSR count). The maximum absolute atomic E-state index is 12.3. The Labute approximate surface area is 131 Å². The van der Waals surface area contributed by atoms with Gasteiger partial charge in [0.2, 0.25) is 0 Å². The highest BCUT2D eigenvalue weighted by atomic mass is 32.2. The number of carbonyl (C=O) groups excluding carboxylic acids is 1. The van der Waals surface area contributed by atoms with Gasteiger partial charge in [-0.2, -0.15) is 5.26 Å². The number of nitriles is 1. The second-order valence-corrected chi connectivity index (χ2v) is 7.39. The third-order valence-electron chi connectivity index (χ3n) is 3.45. The maximum Gasteiger partial charge on any atom is 0.266 e. The number of carbonyl (C=O) groups is 1. The Balaban J connectivity index is 2.89. The first-order valence-corrected chi connectivity index (χ1v) is 8.72. The van der Waals surface area contributed by atoms with Gasteiger partial charge in [0.15, 0.2) is 9.84 Å². The van der Waals surface area contributed by atoms with E-state index < -0.39 is 15.7 Å². The molecule has 120 valence electrons. The Morgan fingerprint density at radius 1 is 1.36 bits per heavy atom. The van der Waals surface area contributed by atoms with Crippen molar-refractivity contribution >= 4 is 15.7 Å². The first kappa shape index (κ1) is 18.0. The molecule has 1 aliphatic heterocycles. The summed E-state index contributed by atoms with van der Waals surface area (Å²) in [5.41, 5.74) is -0.0319. The van der Waals surface area contributed by atoms with Crippen molar-refractivity contribution in [2.24, 2.45) is 0 Å². The lowest BCUT2D eigenvalue weighted by atomic mass is 10.2. The predicted octanol–water partition coefficient (Wildman–Crippen LogP) is 0.713. The number of nitrogens with zero attached hydrogens (tertiary/aromatic N) is 3. The van der Waals surface area contributed by atoms with Gasteiger partial charge in [-0.1, -0.05) is 12.2 Å². The summed E-state index contributed by atoms with van der Waals surface area (Å²) in [5, 5.41) is 9.21. The third-order valence-corrected chi connectivity index (χ3v) is 5.20. The molecule has 1 aliphatic rings. The molecular formula is C15H21N3O3S. The number of rotatable bonds is 7. The van der Waals surface area contributed by atoms with Crippen molar-refractivity contribution in [3.05, 3.63) is 37.1 Å². The van der Waals surface area contributed by atoms with E-state index in [-0.39, 0.29) is 23.1 Å². The van der Waals surface area contributed by atoms with Gasteiger partial charge in [0, 0.05) is 32.4 Å². The molecule has 1 amide bonds. The highest BCUT2D eigenvalue weighted by Gasteiger charge is 2.30. The molecule has 7 heteroatoms. The van der Waals surface area contributed by atoms with Crippen molar-refractivity contribution in [2.75, 3.05) is 31.6 Å². The molecule has 1 atom stereocenters. The normalized spacial score (nSPS) is 20.0. The van der Waals surface area contributed by atoms with E-state index in [2.05, 4.69) is 13.2 Å². The summed E-state index contributed by atoms with van der Waals surface area (Å²) in [6, 6.07) is 1.68.